The van der Waals surface area contributed by atoms with Gasteiger partial charge in [-0.2, -0.15) is 0 Å². The number of amides is 3. The average Bonchev–Trinajstić information content (AvgIpc) is 3.28. The number of aliphatic imine (C=N–C) groups is 1. The summed E-state index contributed by atoms with van der Waals surface area (Å²) >= 11 is 0. The molecule has 4 aliphatic heterocycles. The highest BCUT2D eigenvalue weighted by Crippen LogP contribution is 2.35. The molecule has 39 heavy (non-hydrogen) atoms. The lowest BCUT2D eigenvalue weighted by molar-refractivity contribution is -0.119. The molecule has 2 aromatic carbocycles. The van der Waals surface area contributed by atoms with Gasteiger partial charge in [0.1, 0.15) is 11.6 Å². The molecule has 4 heterocycles. The first-order chi connectivity index (χ1) is 19.1. The largest absolute Gasteiger partial charge is 0.497 e. The van der Waals surface area contributed by atoms with Crippen molar-refractivity contribution in [3.63, 3.8) is 0 Å². The number of nitrogens with one attached hydrogen (secondary N) is 2. The van der Waals surface area contributed by atoms with E-state index in [0.29, 0.717) is 6.54 Å². The summed E-state index contributed by atoms with van der Waals surface area (Å²) in [5.74, 6) is 1.74. The SMILES string of the molecule is CCC1Cc2ccccc2N1C(=O)C1C=C(N2CCC(N3CCc4cc(OC)ccc4NC3=O)CC2)NC=N1. The highest BCUT2D eigenvalue weighted by atomic mass is 16.5. The minimum absolute atomic E-state index is 0.0226. The number of likely N-dealkylation sites (tertiary alicyclic amines) is 1. The van der Waals surface area contributed by atoms with Gasteiger partial charge < -0.3 is 30.1 Å². The standard InChI is InChI=1S/C30H36N6O3/c1-3-22-16-21-6-4-5-7-27(21)36(22)29(37)26-18-28(32-19-31-26)34-13-11-23(12-14-34)35-15-10-20-17-24(39-2)8-9-25(20)33-30(35)38/h4-9,17-19,22-23,26H,3,10-16H2,1-2H3,(H,31,32)(H,33,38). The van der Waals surface area contributed by atoms with Crippen molar-refractivity contribution in [3.8, 4) is 5.75 Å². The summed E-state index contributed by atoms with van der Waals surface area (Å²) in [6, 6.07) is 13.7. The monoisotopic (exact) mass is 528 g/mol. The summed E-state index contributed by atoms with van der Waals surface area (Å²) in [5.41, 5.74) is 4.19. The Morgan fingerprint density at radius 1 is 1.10 bits per heavy atom. The van der Waals surface area contributed by atoms with E-state index in [0.717, 1.165) is 73.7 Å². The number of urea groups is 1. The number of nitrogens with zero attached hydrogens (tertiary/aromatic N) is 4. The molecule has 1 saturated heterocycles. The van der Waals surface area contributed by atoms with Gasteiger partial charge in [0.15, 0.2) is 6.04 Å². The van der Waals surface area contributed by atoms with Gasteiger partial charge in [-0.25, -0.2) is 4.79 Å². The quantitative estimate of drug-likeness (QED) is 0.617. The van der Waals surface area contributed by atoms with Gasteiger partial charge in [-0.15, -0.1) is 0 Å². The first-order valence-corrected chi connectivity index (χ1v) is 14.0. The fourth-order valence-electron chi connectivity index (χ4n) is 6.31. The van der Waals surface area contributed by atoms with E-state index in [1.54, 1.807) is 13.4 Å². The van der Waals surface area contributed by atoms with Crippen molar-refractivity contribution in [2.45, 2.75) is 57.2 Å². The van der Waals surface area contributed by atoms with Crippen LogP contribution in [0.3, 0.4) is 0 Å². The molecule has 204 valence electrons. The van der Waals surface area contributed by atoms with Gasteiger partial charge in [-0.3, -0.25) is 9.79 Å². The molecule has 2 atom stereocenters. The van der Waals surface area contributed by atoms with Crippen LogP contribution < -0.4 is 20.3 Å². The first kappa shape index (κ1) is 25.3. The second kappa shape index (κ2) is 10.6. The van der Waals surface area contributed by atoms with E-state index in [1.165, 1.54) is 5.56 Å². The molecule has 0 spiro atoms. The van der Waals surface area contributed by atoms with E-state index >= 15 is 0 Å². The van der Waals surface area contributed by atoms with Crippen LogP contribution in [0.2, 0.25) is 0 Å². The van der Waals surface area contributed by atoms with Gasteiger partial charge in [-0.1, -0.05) is 25.1 Å². The van der Waals surface area contributed by atoms with Crippen LogP contribution in [0.4, 0.5) is 16.2 Å². The zero-order valence-corrected chi connectivity index (χ0v) is 22.6. The molecule has 0 aromatic heterocycles. The van der Waals surface area contributed by atoms with Crippen LogP contribution in [0.25, 0.3) is 0 Å². The van der Waals surface area contributed by atoms with Gasteiger partial charge >= 0.3 is 6.03 Å². The Balaban J connectivity index is 1.10. The zero-order valence-electron chi connectivity index (χ0n) is 22.6. The van der Waals surface area contributed by atoms with E-state index in [-0.39, 0.29) is 24.0 Å². The summed E-state index contributed by atoms with van der Waals surface area (Å²) in [6.45, 7) is 4.41. The van der Waals surface area contributed by atoms with Crippen LogP contribution in [-0.2, 0) is 17.6 Å². The molecule has 2 aromatic rings. The molecule has 9 nitrogen and oxygen atoms in total. The first-order valence-electron chi connectivity index (χ1n) is 14.0. The highest BCUT2D eigenvalue weighted by Gasteiger charge is 2.37. The Hall–Kier alpha value is -4.01. The van der Waals surface area contributed by atoms with Gasteiger partial charge in [0, 0.05) is 43.1 Å². The summed E-state index contributed by atoms with van der Waals surface area (Å²) in [7, 11) is 1.66. The van der Waals surface area contributed by atoms with Crippen LogP contribution in [0.15, 0.2) is 59.4 Å². The third-order valence-corrected chi connectivity index (χ3v) is 8.48. The fraction of sp³-hybridized carbons (Fsp3) is 0.433. The van der Waals surface area contributed by atoms with Crippen LogP contribution in [0.5, 0.6) is 5.75 Å². The van der Waals surface area contributed by atoms with Crippen molar-refractivity contribution >= 4 is 29.7 Å². The van der Waals surface area contributed by atoms with Crippen molar-refractivity contribution in [1.29, 1.82) is 0 Å². The molecule has 0 bridgehead atoms. The van der Waals surface area contributed by atoms with Crippen LogP contribution in [-0.4, -0.2) is 72.9 Å². The number of ether oxygens (including phenoxy) is 1. The number of fused-ring (bicyclic) bond motifs is 2. The number of hydrogen-bond donors (Lipinski definition) is 2. The van der Waals surface area contributed by atoms with Crippen LogP contribution in [0, 0.1) is 0 Å². The number of methoxy groups -OCH3 is 1. The normalized spacial score (nSPS) is 22.9. The van der Waals surface area contributed by atoms with Gasteiger partial charge in [-0.05, 0) is 73.6 Å². The Morgan fingerprint density at radius 2 is 1.92 bits per heavy atom. The van der Waals surface area contributed by atoms with Crippen molar-refractivity contribution in [2.24, 2.45) is 4.99 Å². The fourth-order valence-corrected chi connectivity index (χ4v) is 6.31. The number of carbonyl (C=O) groups excluding carboxylic acids is 2. The Morgan fingerprint density at radius 3 is 2.72 bits per heavy atom. The van der Waals surface area contributed by atoms with Crippen molar-refractivity contribution in [3.05, 3.63) is 65.5 Å². The molecule has 0 saturated carbocycles. The zero-order chi connectivity index (χ0) is 26.9. The highest BCUT2D eigenvalue weighted by molar-refractivity contribution is 6.01. The predicted octanol–water partition coefficient (Wildman–Crippen LogP) is 3.76. The van der Waals surface area contributed by atoms with Crippen LogP contribution in [0.1, 0.15) is 37.3 Å². The molecule has 3 amide bonds. The van der Waals surface area contributed by atoms with E-state index in [9.17, 15) is 9.59 Å². The smallest absolute Gasteiger partial charge is 0.322 e. The summed E-state index contributed by atoms with van der Waals surface area (Å²) in [6.07, 6.45) is 7.91. The molecule has 9 heteroatoms. The summed E-state index contributed by atoms with van der Waals surface area (Å²) < 4.78 is 5.36. The summed E-state index contributed by atoms with van der Waals surface area (Å²) in [4.78, 5) is 37.5. The maximum atomic E-state index is 13.7. The van der Waals surface area contributed by atoms with Gasteiger partial charge in [0.2, 0.25) is 0 Å². The Labute approximate surface area is 229 Å². The number of carbonyl (C=O) groups is 2. The van der Waals surface area contributed by atoms with Crippen molar-refractivity contribution in [2.75, 3.05) is 37.0 Å². The molecule has 4 aliphatic rings. The maximum Gasteiger partial charge on any atom is 0.322 e. The van der Waals surface area contributed by atoms with Gasteiger partial charge in [0.05, 0.1) is 13.4 Å². The van der Waals surface area contributed by atoms with E-state index in [2.05, 4.69) is 33.5 Å². The third-order valence-electron chi connectivity index (χ3n) is 8.48. The summed E-state index contributed by atoms with van der Waals surface area (Å²) in [5, 5.41) is 6.35. The van der Waals surface area contributed by atoms with Crippen molar-refractivity contribution in [1.82, 2.24) is 15.1 Å². The Bertz CT molecular complexity index is 1320. The van der Waals surface area contributed by atoms with E-state index in [1.807, 2.05) is 52.3 Å². The molecule has 6 rings (SSSR count). The lowest BCUT2D eigenvalue weighted by Crippen LogP contribution is -2.50. The minimum atomic E-state index is -0.550. The molecular formula is C30H36N6O3. The maximum absolute atomic E-state index is 13.7. The number of rotatable bonds is 5. The Kier molecular flexibility index (Phi) is 6.89. The lowest BCUT2D eigenvalue weighted by atomic mass is 10.0. The molecule has 1 fully saturated rings. The minimum Gasteiger partial charge on any atom is -0.497 e. The lowest BCUT2D eigenvalue weighted by Gasteiger charge is -2.40. The second-order valence-corrected chi connectivity index (χ2v) is 10.6. The van der Waals surface area contributed by atoms with Crippen LogP contribution >= 0.6 is 0 Å². The van der Waals surface area contributed by atoms with E-state index < -0.39 is 6.04 Å². The number of hydrogen-bond acceptors (Lipinski definition) is 6. The van der Waals surface area contributed by atoms with Crippen molar-refractivity contribution < 1.29 is 14.3 Å². The predicted molar refractivity (Wildman–Crippen MR) is 152 cm³/mol. The molecule has 2 N–H and O–H groups in total. The third kappa shape index (κ3) is 4.82. The topological polar surface area (TPSA) is 89.5 Å². The molecule has 2 unspecified atom stereocenters. The number of para-hydroxylation sites is 1. The number of benzene rings is 2. The molecular weight excluding hydrogens is 492 g/mol. The molecule has 0 aliphatic carbocycles. The second-order valence-electron chi connectivity index (χ2n) is 10.6. The molecule has 0 radical (unpaired) electrons. The average molecular weight is 529 g/mol. The van der Waals surface area contributed by atoms with Gasteiger partial charge in [0.25, 0.3) is 5.91 Å². The number of anilines is 2. The van der Waals surface area contributed by atoms with E-state index in [4.69, 9.17) is 4.74 Å². The number of piperidine rings is 1.